The van der Waals surface area contributed by atoms with Crippen LogP contribution in [0, 0.1) is 11.3 Å². The summed E-state index contributed by atoms with van der Waals surface area (Å²) in [5.74, 6) is 1.05. The van der Waals surface area contributed by atoms with E-state index < -0.39 is 0 Å². The molecule has 0 amide bonds. The van der Waals surface area contributed by atoms with E-state index in [9.17, 15) is 4.79 Å². The summed E-state index contributed by atoms with van der Waals surface area (Å²) in [5.41, 5.74) is -0.0174. The number of carbonyl (C=O) groups excluding carboxylic acids is 1. The van der Waals surface area contributed by atoms with Crippen molar-refractivity contribution in [2.24, 2.45) is 11.3 Å². The van der Waals surface area contributed by atoms with Crippen molar-refractivity contribution in [1.29, 1.82) is 0 Å². The Morgan fingerprint density at radius 1 is 1.42 bits per heavy atom. The number of fused-ring (bicyclic) bond motifs is 3. The Hall–Kier alpha value is -0.370. The molecule has 2 bridgehead atoms. The monoisotopic (exact) mass is 167 g/mol. The molecule has 1 atom stereocenters. The molecular formula is C10H17NO. The van der Waals surface area contributed by atoms with Crippen LogP contribution in [-0.4, -0.2) is 30.3 Å². The second-order valence-electron chi connectivity index (χ2n) is 4.52. The van der Waals surface area contributed by atoms with Crippen molar-refractivity contribution >= 4 is 5.78 Å². The van der Waals surface area contributed by atoms with Crippen molar-refractivity contribution in [2.75, 3.05) is 19.6 Å². The zero-order valence-corrected chi connectivity index (χ0v) is 7.97. The Morgan fingerprint density at radius 3 is 2.25 bits per heavy atom. The van der Waals surface area contributed by atoms with Gasteiger partial charge in [-0.1, -0.05) is 6.92 Å². The number of rotatable bonds is 1. The highest BCUT2D eigenvalue weighted by atomic mass is 16.1. The predicted molar refractivity (Wildman–Crippen MR) is 48.0 cm³/mol. The van der Waals surface area contributed by atoms with Crippen LogP contribution in [0.3, 0.4) is 0 Å². The van der Waals surface area contributed by atoms with Gasteiger partial charge in [0.1, 0.15) is 5.78 Å². The van der Waals surface area contributed by atoms with Crippen LogP contribution in [0.4, 0.5) is 0 Å². The number of hydrogen-bond acceptors (Lipinski definition) is 2. The topological polar surface area (TPSA) is 20.3 Å². The number of piperidine rings is 3. The zero-order chi connectivity index (χ0) is 8.77. The van der Waals surface area contributed by atoms with E-state index >= 15 is 0 Å². The molecule has 3 heterocycles. The third-order valence-corrected chi connectivity index (χ3v) is 3.84. The van der Waals surface area contributed by atoms with Crippen LogP contribution >= 0.6 is 0 Å². The van der Waals surface area contributed by atoms with E-state index in [-0.39, 0.29) is 5.41 Å². The molecule has 0 aromatic rings. The molecule has 3 saturated heterocycles. The first-order chi connectivity index (χ1) is 5.63. The summed E-state index contributed by atoms with van der Waals surface area (Å²) in [4.78, 5) is 13.9. The maximum atomic E-state index is 11.5. The van der Waals surface area contributed by atoms with Gasteiger partial charge in [0.05, 0.1) is 0 Å². The quantitative estimate of drug-likeness (QED) is 0.587. The summed E-state index contributed by atoms with van der Waals surface area (Å²) in [5, 5.41) is 0. The average molecular weight is 167 g/mol. The van der Waals surface area contributed by atoms with Crippen molar-refractivity contribution in [3.63, 3.8) is 0 Å². The third-order valence-electron chi connectivity index (χ3n) is 3.84. The SMILES string of the molecule is CC(=O)C1(C)CN2CCC1CC2. The zero-order valence-electron chi connectivity index (χ0n) is 7.97. The lowest BCUT2D eigenvalue weighted by Crippen LogP contribution is -2.56. The lowest BCUT2D eigenvalue weighted by Gasteiger charge is -2.50. The highest BCUT2D eigenvalue weighted by molar-refractivity contribution is 5.82. The molecule has 1 unspecified atom stereocenters. The van der Waals surface area contributed by atoms with E-state index in [0.29, 0.717) is 11.7 Å². The van der Waals surface area contributed by atoms with Gasteiger partial charge in [-0.05, 0) is 38.8 Å². The molecule has 0 spiro atoms. The number of carbonyl (C=O) groups is 1. The van der Waals surface area contributed by atoms with Gasteiger partial charge in [-0.25, -0.2) is 0 Å². The maximum absolute atomic E-state index is 11.5. The van der Waals surface area contributed by atoms with Crippen LogP contribution in [0.2, 0.25) is 0 Å². The van der Waals surface area contributed by atoms with Crippen LogP contribution in [0.5, 0.6) is 0 Å². The third kappa shape index (κ3) is 1.01. The van der Waals surface area contributed by atoms with E-state index in [1.807, 2.05) is 0 Å². The molecule has 0 aromatic heterocycles. The normalized spacial score (nSPS) is 46.2. The van der Waals surface area contributed by atoms with Gasteiger partial charge in [0.2, 0.25) is 0 Å². The number of Topliss-reactive ketones (excluding diaryl/α,β-unsaturated/α-hetero) is 1. The summed E-state index contributed by atoms with van der Waals surface area (Å²) < 4.78 is 0. The predicted octanol–water partition coefficient (Wildman–Crippen LogP) is 1.31. The van der Waals surface area contributed by atoms with Crippen LogP contribution in [0.15, 0.2) is 0 Å². The Kier molecular flexibility index (Phi) is 1.76. The smallest absolute Gasteiger partial charge is 0.137 e. The number of hydrogen-bond donors (Lipinski definition) is 0. The highest BCUT2D eigenvalue weighted by Crippen LogP contribution is 2.42. The molecule has 0 saturated carbocycles. The van der Waals surface area contributed by atoms with Crippen LogP contribution < -0.4 is 0 Å². The van der Waals surface area contributed by atoms with Gasteiger partial charge in [-0.3, -0.25) is 4.79 Å². The van der Waals surface area contributed by atoms with Gasteiger partial charge in [-0.15, -0.1) is 0 Å². The molecule has 12 heavy (non-hydrogen) atoms. The van der Waals surface area contributed by atoms with Crippen LogP contribution in [0.1, 0.15) is 26.7 Å². The molecule has 3 aliphatic heterocycles. The van der Waals surface area contributed by atoms with Crippen molar-refractivity contribution in [3.05, 3.63) is 0 Å². The van der Waals surface area contributed by atoms with Gasteiger partial charge in [0.15, 0.2) is 0 Å². The van der Waals surface area contributed by atoms with Gasteiger partial charge >= 0.3 is 0 Å². The number of nitrogens with zero attached hydrogens (tertiary/aromatic N) is 1. The summed E-state index contributed by atoms with van der Waals surface area (Å²) in [6.07, 6.45) is 2.46. The highest BCUT2D eigenvalue weighted by Gasteiger charge is 2.46. The van der Waals surface area contributed by atoms with Crippen LogP contribution in [0.25, 0.3) is 0 Å². The Labute approximate surface area is 73.9 Å². The fraction of sp³-hybridized carbons (Fsp3) is 0.900. The second-order valence-corrected chi connectivity index (χ2v) is 4.52. The van der Waals surface area contributed by atoms with Crippen LogP contribution in [-0.2, 0) is 4.79 Å². The number of ketones is 1. The summed E-state index contributed by atoms with van der Waals surface area (Å²) >= 11 is 0. The van der Waals surface area contributed by atoms with Gasteiger partial charge in [0.25, 0.3) is 0 Å². The average Bonchev–Trinajstić information content (AvgIpc) is 2.05. The molecule has 3 fully saturated rings. The standard InChI is InChI=1S/C10H17NO/c1-8(12)10(2)7-11-5-3-9(10)4-6-11/h9H,3-7H2,1-2H3. The largest absolute Gasteiger partial charge is 0.302 e. The first-order valence-electron chi connectivity index (χ1n) is 4.86. The fourth-order valence-electron chi connectivity index (χ4n) is 2.72. The van der Waals surface area contributed by atoms with Gasteiger partial charge < -0.3 is 4.90 Å². The molecule has 0 N–H and O–H groups in total. The Bertz CT molecular complexity index is 206. The molecule has 3 aliphatic rings. The van der Waals surface area contributed by atoms with Crippen molar-refractivity contribution in [2.45, 2.75) is 26.7 Å². The molecule has 0 aromatic carbocycles. The summed E-state index contributed by atoms with van der Waals surface area (Å²) in [6.45, 7) is 7.33. The molecule has 2 nitrogen and oxygen atoms in total. The van der Waals surface area contributed by atoms with Gasteiger partial charge in [0, 0.05) is 12.0 Å². The van der Waals surface area contributed by atoms with E-state index in [0.717, 1.165) is 6.54 Å². The van der Waals surface area contributed by atoms with Crippen molar-refractivity contribution in [1.82, 2.24) is 4.90 Å². The minimum Gasteiger partial charge on any atom is -0.302 e. The van der Waals surface area contributed by atoms with Crippen molar-refractivity contribution in [3.8, 4) is 0 Å². The lowest BCUT2D eigenvalue weighted by molar-refractivity contribution is -0.136. The summed E-state index contributed by atoms with van der Waals surface area (Å²) in [7, 11) is 0. The summed E-state index contributed by atoms with van der Waals surface area (Å²) in [6, 6.07) is 0. The maximum Gasteiger partial charge on any atom is 0.137 e. The van der Waals surface area contributed by atoms with E-state index in [1.54, 1.807) is 6.92 Å². The minimum absolute atomic E-state index is 0.0174. The van der Waals surface area contributed by atoms with E-state index in [4.69, 9.17) is 0 Å². The van der Waals surface area contributed by atoms with E-state index in [1.165, 1.54) is 25.9 Å². The Morgan fingerprint density at radius 2 is 2.00 bits per heavy atom. The molecule has 2 heteroatoms. The van der Waals surface area contributed by atoms with Gasteiger partial charge in [-0.2, -0.15) is 0 Å². The Balaban J connectivity index is 2.22. The molecule has 0 aliphatic carbocycles. The first kappa shape index (κ1) is 8.24. The molecule has 3 rings (SSSR count). The second kappa shape index (κ2) is 2.56. The lowest BCUT2D eigenvalue weighted by atomic mass is 9.66. The molecule has 68 valence electrons. The fourth-order valence-corrected chi connectivity index (χ4v) is 2.72. The molecule has 0 radical (unpaired) electrons. The first-order valence-corrected chi connectivity index (χ1v) is 4.86. The van der Waals surface area contributed by atoms with Crippen molar-refractivity contribution < 1.29 is 4.79 Å². The van der Waals surface area contributed by atoms with E-state index in [2.05, 4.69) is 11.8 Å². The minimum atomic E-state index is -0.0174. The molecular weight excluding hydrogens is 150 g/mol.